The van der Waals surface area contributed by atoms with Crippen molar-refractivity contribution in [1.82, 2.24) is 22.5 Å². The summed E-state index contributed by atoms with van der Waals surface area (Å²) in [5, 5.41) is 3.87. The third kappa shape index (κ3) is 3.00. The van der Waals surface area contributed by atoms with Crippen LogP contribution in [0.5, 0.6) is 0 Å². The third-order valence-corrected chi connectivity index (χ3v) is 7.46. The molecule has 6 atom stereocenters. The van der Waals surface area contributed by atoms with Crippen molar-refractivity contribution in [2.24, 2.45) is 29.4 Å². The minimum atomic E-state index is 0. The zero-order valence-electron chi connectivity index (χ0n) is 16.9. The molecule has 3 aliphatic heterocycles. The van der Waals surface area contributed by atoms with E-state index in [1.165, 1.54) is 43.5 Å². The Bertz CT molecular complexity index is 634. The lowest BCUT2D eigenvalue weighted by molar-refractivity contribution is -0.0374. The molecular weight excluding hydrogens is 342 g/mol. The molecule has 3 heterocycles. The van der Waals surface area contributed by atoms with Crippen molar-refractivity contribution < 1.29 is 9.47 Å². The van der Waals surface area contributed by atoms with Crippen LogP contribution in [0.1, 0.15) is 58.8 Å². The second-order valence-corrected chi connectivity index (χ2v) is 8.67. The zero-order valence-corrected chi connectivity index (χ0v) is 16.9. The summed E-state index contributed by atoms with van der Waals surface area (Å²) in [5.41, 5.74) is 9.82. The molecular formula is C20H37N5O2. The van der Waals surface area contributed by atoms with Crippen molar-refractivity contribution in [2.45, 2.75) is 71.1 Å². The SMILES string of the molecule is CC1C(C2CCC3=C(C2)OCO3)C(C)C2NC3=C(CCCC3)N2C1N.N.N. The highest BCUT2D eigenvalue weighted by atomic mass is 16.7. The Labute approximate surface area is 162 Å². The number of fused-ring (bicyclic) bond motifs is 2. The van der Waals surface area contributed by atoms with E-state index in [-0.39, 0.29) is 18.5 Å². The normalized spacial score (nSPS) is 39.9. The Balaban J connectivity index is 0.00000105. The van der Waals surface area contributed by atoms with Gasteiger partial charge in [0.15, 0.2) is 0 Å². The van der Waals surface area contributed by atoms with E-state index in [2.05, 4.69) is 24.1 Å². The molecule has 5 aliphatic rings. The van der Waals surface area contributed by atoms with E-state index in [0.717, 1.165) is 24.4 Å². The van der Waals surface area contributed by atoms with Crippen molar-refractivity contribution in [3.63, 3.8) is 0 Å². The van der Waals surface area contributed by atoms with Crippen molar-refractivity contribution in [3.8, 4) is 0 Å². The van der Waals surface area contributed by atoms with Gasteiger partial charge in [0, 0.05) is 24.2 Å². The highest BCUT2D eigenvalue weighted by Crippen LogP contribution is 2.50. The van der Waals surface area contributed by atoms with Gasteiger partial charge in [0.2, 0.25) is 6.79 Å². The molecule has 5 rings (SSSR count). The Morgan fingerprint density at radius 2 is 1.74 bits per heavy atom. The van der Waals surface area contributed by atoms with E-state index in [1.54, 1.807) is 0 Å². The van der Waals surface area contributed by atoms with Crippen LogP contribution in [-0.4, -0.2) is 24.0 Å². The fraction of sp³-hybridized carbons (Fsp3) is 0.800. The molecule has 6 unspecified atom stereocenters. The number of allylic oxidation sites excluding steroid dienone is 4. The van der Waals surface area contributed by atoms with Gasteiger partial charge in [-0.1, -0.05) is 13.8 Å². The fourth-order valence-corrected chi connectivity index (χ4v) is 6.23. The van der Waals surface area contributed by atoms with Crippen LogP contribution in [0.4, 0.5) is 0 Å². The Morgan fingerprint density at radius 3 is 2.56 bits per heavy atom. The molecule has 0 aromatic rings. The van der Waals surface area contributed by atoms with Gasteiger partial charge in [0.1, 0.15) is 17.7 Å². The van der Waals surface area contributed by atoms with Gasteiger partial charge in [-0.25, -0.2) is 0 Å². The molecule has 7 heteroatoms. The van der Waals surface area contributed by atoms with Crippen LogP contribution in [0.15, 0.2) is 22.9 Å². The number of rotatable bonds is 1. The molecule has 0 aromatic heterocycles. The van der Waals surface area contributed by atoms with Gasteiger partial charge in [-0.05, 0) is 55.8 Å². The first-order chi connectivity index (χ1) is 12.1. The monoisotopic (exact) mass is 379 g/mol. The van der Waals surface area contributed by atoms with Crippen LogP contribution in [-0.2, 0) is 9.47 Å². The molecule has 2 aliphatic carbocycles. The van der Waals surface area contributed by atoms with Gasteiger partial charge in [0.25, 0.3) is 0 Å². The largest absolute Gasteiger partial charge is 0.458 e. The predicted molar refractivity (Wildman–Crippen MR) is 105 cm³/mol. The average Bonchev–Trinajstić information content (AvgIpc) is 3.24. The quantitative estimate of drug-likeness (QED) is 0.548. The average molecular weight is 380 g/mol. The van der Waals surface area contributed by atoms with Gasteiger partial charge in [-0.2, -0.15) is 0 Å². The summed E-state index contributed by atoms with van der Waals surface area (Å²) < 4.78 is 11.3. The van der Waals surface area contributed by atoms with Crippen LogP contribution >= 0.6 is 0 Å². The fourth-order valence-electron chi connectivity index (χ4n) is 6.23. The first-order valence-corrected chi connectivity index (χ1v) is 10.1. The number of nitrogens with one attached hydrogen (secondary N) is 1. The van der Waals surface area contributed by atoms with Crippen LogP contribution in [0.25, 0.3) is 0 Å². The van der Waals surface area contributed by atoms with E-state index >= 15 is 0 Å². The summed E-state index contributed by atoms with van der Waals surface area (Å²) in [6.07, 6.45) is 8.78. The van der Waals surface area contributed by atoms with E-state index in [4.69, 9.17) is 15.2 Å². The van der Waals surface area contributed by atoms with Crippen molar-refractivity contribution >= 4 is 0 Å². The van der Waals surface area contributed by atoms with E-state index in [1.807, 2.05) is 0 Å². The lowest BCUT2D eigenvalue weighted by Gasteiger charge is -2.52. The smallest absolute Gasteiger partial charge is 0.230 e. The highest BCUT2D eigenvalue weighted by molar-refractivity contribution is 5.25. The maximum absolute atomic E-state index is 6.82. The lowest BCUT2D eigenvalue weighted by Crippen LogP contribution is -2.62. The number of nitrogens with two attached hydrogens (primary N) is 1. The molecule has 1 fully saturated rings. The van der Waals surface area contributed by atoms with Crippen molar-refractivity contribution in [2.75, 3.05) is 6.79 Å². The molecule has 0 aromatic carbocycles. The van der Waals surface area contributed by atoms with Gasteiger partial charge in [-0.15, -0.1) is 0 Å². The first-order valence-electron chi connectivity index (χ1n) is 10.1. The Hall–Kier alpha value is -1.44. The number of ether oxygens (including phenoxy) is 2. The van der Waals surface area contributed by atoms with Crippen LogP contribution in [0, 0.1) is 23.7 Å². The second kappa shape index (κ2) is 7.53. The third-order valence-electron chi connectivity index (χ3n) is 7.46. The minimum Gasteiger partial charge on any atom is -0.458 e. The maximum atomic E-state index is 6.82. The number of hydrogen-bond acceptors (Lipinski definition) is 7. The molecule has 7 nitrogen and oxygen atoms in total. The minimum absolute atomic E-state index is 0. The van der Waals surface area contributed by atoms with Gasteiger partial charge >= 0.3 is 0 Å². The van der Waals surface area contributed by atoms with Crippen molar-refractivity contribution in [3.05, 3.63) is 22.9 Å². The summed E-state index contributed by atoms with van der Waals surface area (Å²) in [5.74, 6) is 4.59. The molecule has 9 N–H and O–H groups in total. The van der Waals surface area contributed by atoms with Crippen LogP contribution in [0.2, 0.25) is 0 Å². The second-order valence-electron chi connectivity index (χ2n) is 8.67. The summed E-state index contributed by atoms with van der Waals surface area (Å²) in [6.45, 7) is 5.23. The Morgan fingerprint density at radius 1 is 1.00 bits per heavy atom. The van der Waals surface area contributed by atoms with Crippen molar-refractivity contribution in [1.29, 1.82) is 0 Å². The summed E-state index contributed by atoms with van der Waals surface area (Å²) in [4.78, 5) is 2.54. The van der Waals surface area contributed by atoms with Crippen LogP contribution < -0.4 is 23.4 Å². The lowest BCUT2D eigenvalue weighted by atomic mass is 9.66. The molecule has 0 bridgehead atoms. The molecule has 0 spiro atoms. The number of piperidine rings is 1. The van der Waals surface area contributed by atoms with Gasteiger partial charge in [0.05, 0.1) is 6.17 Å². The van der Waals surface area contributed by atoms with E-state index in [0.29, 0.717) is 36.6 Å². The molecule has 154 valence electrons. The maximum Gasteiger partial charge on any atom is 0.230 e. The summed E-state index contributed by atoms with van der Waals surface area (Å²) >= 11 is 0. The van der Waals surface area contributed by atoms with E-state index < -0.39 is 0 Å². The predicted octanol–water partition coefficient (Wildman–Crippen LogP) is 3.53. The summed E-state index contributed by atoms with van der Waals surface area (Å²) in [6, 6.07) is 0. The molecule has 0 amide bonds. The standard InChI is InChI=1S/C20H31N3O2.2H3N/c1-11-18(13-7-8-16-17(9-13)25-10-24-16)12(2)20-22-14-5-3-4-6-15(14)23(20)19(11)21;;/h11-13,18-20,22H,3-10,21H2,1-2H3;2*1H3. The van der Waals surface area contributed by atoms with E-state index in [9.17, 15) is 0 Å². The molecule has 0 saturated carbocycles. The summed E-state index contributed by atoms with van der Waals surface area (Å²) in [7, 11) is 0. The number of nitrogens with zero attached hydrogens (tertiary/aromatic N) is 1. The molecule has 1 saturated heterocycles. The van der Waals surface area contributed by atoms with Gasteiger partial charge < -0.3 is 37.7 Å². The first kappa shape index (κ1) is 20.3. The molecule has 0 radical (unpaired) electrons. The highest BCUT2D eigenvalue weighted by Gasteiger charge is 2.51. The number of hydrogen-bond donors (Lipinski definition) is 4. The molecule has 27 heavy (non-hydrogen) atoms. The van der Waals surface area contributed by atoms with Crippen LogP contribution in [0.3, 0.4) is 0 Å². The topological polar surface area (TPSA) is 130 Å². The van der Waals surface area contributed by atoms with Gasteiger partial charge in [-0.3, -0.25) is 0 Å². The zero-order chi connectivity index (χ0) is 17.1. The Kier molecular flexibility index (Phi) is 5.66.